The molecule has 0 saturated carbocycles. The third-order valence-corrected chi connectivity index (χ3v) is 1.68. The molecular formula is C8H17NO. The van der Waals surface area contributed by atoms with Crippen LogP contribution in [0.25, 0.3) is 0 Å². The summed E-state index contributed by atoms with van der Waals surface area (Å²) in [7, 11) is 0. The van der Waals surface area contributed by atoms with Crippen LogP contribution in [0.3, 0.4) is 0 Å². The van der Waals surface area contributed by atoms with E-state index in [0.717, 1.165) is 19.7 Å². The van der Waals surface area contributed by atoms with Gasteiger partial charge in [-0.3, -0.25) is 0 Å². The van der Waals surface area contributed by atoms with Gasteiger partial charge >= 0.3 is 0 Å². The zero-order valence-electron chi connectivity index (χ0n) is 6.89. The van der Waals surface area contributed by atoms with Crippen molar-refractivity contribution in [1.82, 2.24) is 5.32 Å². The lowest BCUT2D eigenvalue weighted by atomic mass is 10.2. The van der Waals surface area contributed by atoms with Gasteiger partial charge in [0.1, 0.15) is 0 Å². The van der Waals surface area contributed by atoms with Gasteiger partial charge in [-0.15, -0.1) is 0 Å². The lowest BCUT2D eigenvalue weighted by Crippen LogP contribution is -2.18. The number of ether oxygens (including phenoxy) is 1. The highest BCUT2D eigenvalue weighted by Crippen LogP contribution is 2.04. The first kappa shape index (κ1) is 8.02. The standard InChI is InChI=1S/C8H17NO/c1-7(2)6-10-8-3-4-9-5-8/h7-9H,3-6H2,1-2H3. The molecule has 2 nitrogen and oxygen atoms in total. The third kappa shape index (κ3) is 2.67. The van der Waals surface area contributed by atoms with Gasteiger partial charge in [0, 0.05) is 13.2 Å². The molecule has 1 atom stereocenters. The van der Waals surface area contributed by atoms with E-state index in [1.165, 1.54) is 6.42 Å². The molecule has 1 N–H and O–H groups in total. The molecule has 1 heterocycles. The maximum Gasteiger partial charge on any atom is 0.0711 e. The van der Waals surface area contributed by atoms with Crippen LogP contribution in [0, 0.1) is 5.92 Å². The molecule has 0 aliphatic carbocycles. The Kier molecular flexibility index (Phi) is 3.16. The van der Waals surface area contributed by atoms with Crippen molar-refractivity contribution in [3.63, 3.8) is 0 Å². The van der Waals surface area contributed by atoms with Crippen LogP contribution in [0.15, 0.2) is 0 Å². The summed E-state index contributed by atoms with van der Waals surface area (Å²) in [6.07, 6.45) is 1.68. The summed E-state index contributed by atoms with van der Waals surface area (Å²) < 4.78 is 5.60. The number of rotatable bonds is 3. The summed E-state index contributed by atoms with van der Waals surface area (Å²) >= 11 is 0. The Morgan fingerprint density at radius 3 is 2.90 bits per heavy atom. The van der Waals surface area contributed by atoms with Crippen LogP contribution in [-0.4, -0.2) is 25.8 Å². The highest BCUT2D eigenvalue weighted by atomic mass is 16.5. The van der Waals surface area contributed by atoms with Gasteiger partial charge in [0.15, 0.2) is 0 Å². The molecule has 60 valence electrons. The van der Waals surface area contributed by atoms with Crippen molar-refractivity contribution in [3.05, 3.63) is 0 Å². The van der Waals surface area contributed by atoms with Gasteiger partial charge in [0.05, 0.1) is 6.10 Å². The summed E-state index contributed by atoms with van der Waals surface area (Å²) in [6, 6.07) is 0. The molecule has 0 bridgehead atoms. The largest absolute Gasteiger partial charge is 0.377 e. The second kappa shape index (κ2) is 3.94. The zero-order valence-corrected chi connectivity index (χ0v) is 6.89. The van der Waals surface area contributed by atoms with Crippen LogP contribution >= 0.6 is 0 Å². The van der Waals surface area contributed by atoms with E-state index in [0.29, 0.717) is 12.0 Å². The second-order valence-corrected chi connectivity index (χ2v) is 3.34. The van der Waals surface area contributed by atoms with Crippen molar-refractivity contribution in [2.75, 3.05) is 19.7 Å². The molecule has 0 aromatic heterocycles. The maximum atomic E-state index is 5.60. The molecule has 1 saturated heterocycles. The first-order valence-corrected chi connectivity index (χ1v) is 4.11. The number of hydrogen-bond acceptors (Lipinski definition) is 2. The van der Waals surface area contributed by atoms with Crippen LogP contribution in [0.1, 0.15) is 20.3 Å². The van der Waals surface area contributed by atoms with Gasteiger partial charge < -0.3 is 10.1 Å². The highest BCUT2D eigenvalue weighted by molar-refractivity contribution is 4.70. The van der Waals surface area contributed by atoms with Crippen molar-refractivity contribution in [2.24, 2.45) is 5.92 Å². The molecule has 0 aromatic carbocycles. The fourth-order valence-corrected chi connectivity index (χ4v) is 1.10. The number of hydrogen-bond donors (Lipinski definition) is 1. The van der Waals surface area contributed by atoms with Gasteiger partial charge in [-0.2, -0.15) is 0 Å². The first-order chi connectivity index (χ1) is 4.79. The predicted octanol–water partition coefficient (Wildman–Crippen LogP) is 1.02. The van der Waals surface area contributed by atoms with Crippen LogP contribution in [0.2, 0.25) is 0 Å². The Bertz CT molecular complexity index is 87.3. The minimum Gasteiger partial charge on any atom is -0.377 e. The minimum atomic E-state index is 0.488. The van der Waals surface area contributed by atoms with E-state index in [9.17, 15) is 0 Å². The summed E-state index contributed by atoms with van der Waals surface area (Å²) in [5.41, 5.74) is 0. The van der Waals surface area contributed by atoms with Crippen LogP contribution in [0.4, 0.5) is 0 Å². The molecule has 1 rings (SSSR count). The van der Waals surface area contributed by atoms with E-state index in [2.05, 4.69) is 19.2 Å². The van der Waals surface area contributed by atoms with Crippen molar-refractivity contribution in [2.45, 2.75) is 26.4 Å². The molecule has 0 amide bonds. The van der Waals surface area contributed by atoms with E-state index in [1.807, 2.05) is 0 Å². The van der Waals surface area contributed by atoms with Crippen molar-refractivity contribution in [1.29, 1.82) is 0 Å². The highest BCUT2D eigenvalue weighted by Gasteiger charge is 2.14. The van der Waals surface area contributed by atoms with Gasteiger partial charge in [-0.25, -0.2) is 0 Å². The van der Waals surface area contributed by atoms with E-state index < -0.39 is 0 Å². The van der Waals surface area contributed by atoms with Gasteiger partial charge in [0.2, 0.25) is 0 Å². The average molecular weight is 143 g/mol. The minimum absolute atomic E-state index is 0.488. The van der Waals surface area contributed by atoms with Crippen molar-refractivity contribution < 1.29 is 4.74 Å². The van der Waals surface area contributed by atoms with E-state index >= 15 is 0 Å². The molecule has 0 spiro atoms. The second-order valence-electron chi connectivity index (χ2n) is 3.34. The third-order valence-electron chi connectivity index (χ3n) is 1.68. The Balaban J connectivity index is 2.01. The molecule has 1 unspecified atom stereocenters. The Labute approximate surface area is 63.0 Å². The van der Waals surface area contributed by atoms with E-state index in [4.69, 9.17) is 4.74 Å². The Morgan fingerprint density at radius 1 is 1.60 bits per heavy atom. The fraction of sp³-hybridized carbons (Fsp3) is 1.00. The monoisotopic (exact) mass is 143 g/mol. The Morgan fingerprint density at radius 2 is 2.40 bits per heavy atom. The van der Waals surface area contributed by atoms with Gasteiger partial charge in [-0.1, -0.05) is 13.8 Å². The molecule has 10 heavy (non-hydrogen) atoms. The topological polar surface area (TPSA) is 21.3 Å². The quantitative estimate of drug-likeness (QED) is 0.637. The summed E-state index contributed by atoms with van der Waals surface area (Å²) in [4.78, 5) is 0. The normalized spacial score (nSPS) is 26.1. The summed E-state index contributed by atoms with van der Waals surface area (Å²) in [6.45, 7) is 7.45. The smallest absolute Gasteiger partial charge is 0.0711 e. The van der Waals surface area contributed by atoms with Crippen LogP contribution in [0.5, 0.6) is 0 Å². The molecule has 1 fully saturated rings. The molecule has 0 aromatic rings. The van der Waals surface area contributed by atoms with Crippen LogP contribution in [-0.2, 0) is 4.74 Å². The zero-order chi connectivity index (χ0) is 7.40. The lowest BCUT2D eigenvalue weighted by Gasteiger charge is -2.11. The Hall–Kier alpha value is -0.0800. The molecule has 0 radical (unpaired) electrons. The summed E-state index contributed by atoms with van der Waals surface area (Å²) in [5.74, 6) is 0.667. The lowest BCUT2D eigenvalue weighted by molar-refractivity contribution is 0.0486. The van der Waals surface area contributed by atoms with Gasteiger partial charge in [0.25, 0.3) is 0 Å². The van der Waals surface area contributed by atoms with Crippen LogP contribution < -0.4 is 5.32 Å². The predicted molar refractivity (Wildman–Crippen MR) is 42.1 cm³/mol. The molecule has 1 aliphatic rings. The fourth-order valence-electron chi connectivity index (χ4n) is 1.10. The molecular weight excluding hydrogens is 126 g/mol. The van der Waals surface area contributed by atoms with E-state index in [-0.39, 0.29) is 0 Å². The van der Waals surface area contributed by atoms with Gasteiger partial charge in [-0.05, 0) is 18.9 Å². The van der Waals surface area contributed by atoms with Crippen molar-refractivity contribution in [3.8, 4) is 0 Å². The summed E-state index contributed by atoms with van der Waals surface area (Å²) in [5, 5.41) is 3.27. The van der Waals surface area contributed by atoms with E-state index in [1.54, 1.807) is 0 Å². The number of nitrogens with one attached hydrogen (secondary N) is 1. The maximum absolute atomic E-state index is 5.60. The van der Waals surface area contributed by atoms with Crippen molar-refractivity contribution >= 4 is 0 Å². The SMILES string of the molecule is CC(C)COC1CCNC1. The molecule has 1 aliphatic heterocycles. The molecule has 2 heteroatoms. The average Bonchev–Trinajstić information content (AvgIpc) is 2.34. The first-order valence-electron chi connectivity index (χ1n) is 4.11.